The van der Waals surface area contributed by atoms with Crippen LogP contribution in [0.2, 0.25) is 0 Å². The van der Waals surface area contributed by atoms with Crippen LogP contribution in [0.1, 0.15) is 6.42 Å². The van der Waals surface area contributed by atoms with E-state index >= 15 is 0 Å². The Morgan fingerprint density at radius 2 is 1.64 bits per heavy atom. The molecule has 25 heavy (non-hydrogen) atoms. The molecule has 2 heterocycles. The molecule has 6 nitrogen and oxygen atoms in total. The normalized spacial score (nSPS) is 17.4. The number of sulfone groups is 1. The predicted octanol–water partition coefficient (Wildman–Crippen LogP) is 2.05. The highest BCUT2D eigenvalue weighted by molar-refractivity contribution is 7.91. The van der Waals surface area contributed by atoms with E-state index in [9.17, 15) is 16.8 Å². The van der Waals surface area contributed by atoms with Gasteiger partial charge in [-0.2, -0.15) is 4.31 Å². The van der Waals surface area contributed by atoms with Crippen LogP contribution in [0.25, 0.3) is 0 Å². The quantitative estimate of drug-likeness (QED) is 0.785. The standard InChI is InChI=1S/C16H20N2O4S3/c1-24(19,20)15-7-5-14(6-8-15)17-9-3-10-18(12-11-17)25(21,22)16-4-2-13-23-16/h2,4-8,13H,3,9-12H2,1H3. The number of rotatable bonds is 4. The van der Waals surface area contributed by atoms with Crippen LogP contribution in [-0.4, -0.2) is 53.6 Å². The molecule has 1 aliphatic rings. The van der Waals surface area contributed by atoms with Crippen molar-refractivity contribution in [3.63, 3.8) is 0 Å². The number of anilines is 1. The zero-order chi connectivity index (χ0) is 18.1. The molecule has 9 heteroatoms. The van der Waals surface area contributed by atoms with Gasteiger partial charge in [0.15, 0.2) is 9.84 Å². The van der Waals surface area contributed by atoms with E-state index in [1.807, 2.05) is 0 Å². The Labute approximate surface area is 152 Å². The highest BCUT2D eigenvalue weighted by atomic mass is 32.2. The molecule has 0 bridgehead atoms. The highest BCUT2D eigenvalue weighted by Crippen LogP contribution is 2.24. The van der Waals surface area contributed by atoms with Crippen LogP contribution in [0.4, 0.5) is 5.69 Å². The average Bonchev–Trinajstić information content (AvgIpc) is 2.99. The van der Waals surface area contributed by atoms with Crippen LogP contribution in [0.3, 0.4) is 0 Å². The van der Waals surface area contributed by atoms with Crippen molar-refractivity contribution in [3.05, 3.63) is 41.8 Å². The van der Waals surface area contributed by atoms with Crippen molar-refractivity contribution in [2.24, 2.45) is 0 Å². The SMILES string of the molecule is CS(=O)(=O)c1ccc(N2CCCN(S(=O)(=O)c3cccs3)CC2)cc1. The van der Waals surface area contributed by atoms with Gasteiger partial charge in [0.2, 0.25) is 0 Å². The van der Waals surface area contributed by atoms with Crippen molar-refractivity contribution in [3.8, 4) is 0 Å². The van der Waals surface area contributed by atoms with Gasteiger partial charge >= 0.3 is 0 Å². The molecule has 0 spiro atoms. The number of nitrogens with zero attached hydrogens (tertiary/aromatic N) is 2. The Bertz CT molecular complexity index is 920. The maximum atomic E-state index is 12.7. The van der Waals surface area contributed by atoms with Crippen molar-refractivity contribution in [1.82, 2.24) is 4.31 Å². The van der Waals surface area contributed by atoms with Gasteiger partial charge in [-0.25, -0.2) is 16.8 Å². The fourth-order valence-corrected chi connectivity index (χ4v) is 6.08. The first-order valence-corrected chi connectivity index (χ1v) is 12.1. The van der Waals surface area contributed by atoms with Crippen molar-refractivity contribution in [2.75, 3.05) is 37.3 Å². The molecular weight excluding hydrogens is 380 g/mol. The Hall–Kier alpha value is -1.42. The number of hydrogen-bond acceptors (Lipinski definition) is 6. The van der Waals surface area contributed by atoms with Gasteiger partial charge in [-0.3, -0.25) is 0 Å². The summed E-state index contributed by atoms with van der Waals surface area (Å²) in [5, 5.41) is 1.76. The van der Waals surface area contributed by atoms with Crippen LogP contribution < -0.4 is 4.90 Å². The van der Waals surface area contributed by atoms with E-state index in [1.54, 1.807) is 41.8 Å². The van der Waals surface area contributed by atoms with Gasteiger partial charge in [0.25, 0.3) is 10.0 Å². The van der Waals surface area contributed by atoms with E-state index < -0.39 is 19.9 Å². The maximum Gasteiger partial charge on any atom is 0.252 e. The lowest BCUT2D eigenvalue weighted by atomic mass is 10.2. The first-order valence-electron chi connectivity index (χ1n) is 7.87. The first-order chi connectivity index (χ1) is 11.8. The third kappa shape index (κ3) is 4.05. The molecule has 0 atom stereocenters. The summed E-state index contributed by atoms with van der Waals surface area (Å²) in [7, 11) is -6.64. The van der Waals surface area contributed by atoms with Crippen LogP contribution in [0.5, 0.6) is 0 Å². The molecule has 0 saturated carbocycles. The van der Waals surface area contributed by atoms with Crippen molar-refractivity contribution < 1.29 is 16.8 Å². The average molecular weight is 401 g/mol. The third-order valence-electron chi connectivity index (χ3n) is 4.17. The summed E-state index contributed by atoms with van der Waals surface area (Å²) in [4.78, 5) is 2.38. The molecule has 1 fully saturated rings. The van der Waals surface area contributed by atoms with Crippen molar-refractivity contribution in [1.29, 1.82) is 0 Å². The molecule has 0 N–H and O–H groups in total. The molecule has 2 aromatic rings. The lowest BCUT2D eigenvalue weighted by Gasteiger charge is -2.23. The Morgan fingerprint density at radius 3 is 2.24 bits per heavy atom. The summed E-state index contributed by atoms with van der Waals surface area (Å²) >= 11 is 1.23. The minimum absolute atomic E-state index is 0.285. The molecule has 0 radical (unpaired) electrons. The van der Waals surface area contributed by atoms with Gasteiger partial charge in [0, 0.05) is 38.1 Å². The molecular formula is C16H20N2O4S3. The van der Waals surface area contributed by atoms with Gasteiger partial charge < -0.3 is 4.90 Å². The van der Waals surface area contributed by atoms with E-state index in [1.165, 1.54) is 21.9 Å². The predicted molar refractivity (Wildman–Crippen MR) is 99.5 cm³/mol. The molecule has 0 unspecified atom stereocenters. The maximum absolute atomic E-state index is 12.7. The summed E-state index contributed by atoms with van der Waals surface area (Å²) in [6.07, 6.45) is 1.90. The van der Waals surface area contributed by atoms with E-state index in [-0.39, 0.29) is 4.90 Å². The Balaban J connectivity index is 1.74. The second-order valence-electron chi connectivity index (χ2n) is 5.94. The first kappa shape index (κ1) is 18.4. The number of benzene rings is 1. The summed E-state index contributed by atoms with van der Waals surface area (Å²) in [5.41, 5.74) is 0.905. The van der Waals surface area contributed by atoms with Gasteiger partial charge in [0.1, 0.15) is 4.21 Å². The summed E-state index contributed by atoms with van der Waals surface area (Å²) in [6, 6.07) is 10.1. The zero-order valence-corrected chi connectivity index (χ0v) is 16.3. The monoisotopic (exact) mass is 400 g/mol. The zero-order valence-electron chi connectivity index (χ0n) is 13.8. The molecule has 1 aliphatic heterocycles. The van der Waals surface area contributed by atoms with Gasteiger partial charge in [-0.1, -0.05) is 6.07 Å². The van der Waals surface area contributed by atoms with Gasteiger partial charge in [0.05, 0.1) is 4.90 Å². The molecule has 0 aliphatic carbocycles. The van der Waals surface area contributed by atoms with Gasteiger partial charge in [-0.05, 0) is 42.1 Å². The number of thiophene rings is 1. The van der Waals surface area contributed by atoms with Gasteiger partial charge in [-0.15, -0.1) is 11.3 Å². The Morgan fingerprint density at radius 1 is 0.920 bits per heavy atom. The minimum atomic E-state index is -3.43. The summed E-state index contributed by atoms with van der Waals surface area (Å²) in [5.74, 6) is 0. The summed E-state index contributed by atoms with van der Waals surface area (Å²) in [6.45, 7) is 2.20. The molecule has 1 aromatic carbocycles. The van der Waals surface area contributed by atoms with E-state index in [2.05, 4.69) is 4.90 Å². The van der Waals surface area contributed by atoms with Crippen LogP contribution >= 0.6 is 11.3 Å². The topological polar surface area (TPSA) is 74.8 Å². The van der Waals surface area contributed by atoms with Crippen LogP contribution in [-0.2, 0) is 19.9 Å². The fraction of sp³-hybridized carbons (Fsp3) is 0.375. The third-order valence-corrected chi connectivity index (χ3v) is 8.57. The molecule has 1 aromatic heterocycles. The summed E-state index contributed by atoms with van der Waals surface area (Å²) < 4.78 is 50.3. The molecule has 1 saturated heterocycles. The van der Waals surface area contributed by atoms with Crippen molar-refractivity contribution in [2.45, 2.75) is 15.5 Å². The van der Waals surface area contributed by atoms with Crippen LogP contribution in [0.15, 0.2) is 50.9 Å². The second-order valence-corrected chi connectivity index (χ2v) is 11.1. The van der Waals surface area contributed by atoms with Crippen molar-refractivity contribution >= 4 is 36.9 Å². The lowest BCUT2D eigenvalue weighted by molar-refractivity contribution is 0.434. The van der Waals surface area contributed by atoms with Crippen LogP contribution in [0, 0.1) is 0 Å². The highest BCUT2D eigenvalue weighted by Gasteiger charge is 2.27. The molecule has 0 amide bonds. The van der Waals surface area contributed by atoms with E-state index in [0.717, 1.165) is 18.7 Å². The lowest BCUT2D eigenvalue weighted by Crippen LogP contribution is -2.34. The molecule has 136 valence electrons. The smallest absolute Gasteiger partial charge is 0.252 e. The fourth-order valence-electron chi connectivity index (χ4n) is 2.83. The second kappa shape index (κ2) is 7.06. The number of hydrogen-bond donors (Lipinski definition) is 0. The van der Waals surface area contributed by atoms with E-state index in [4.69, 9.17) is 0 Å². The van der Waals surface area contributed by atoms with E-state index in [0.29, 0.717) is 23.8 Å². The largest absolute Gasteiger partial charge is 0.370 e. The Kier molecular flexibility index (Phi) is 5.19. The molecule has 3 rings (SSSR count). The minimum Gasteiger partial charge on any atom is -0.370 e. The number of sulfonamides is 1.